The van der Waals surface area contributed by atoms with Crippen molar-refractivity contribution in [3.63, 3.8) is 0 Å². The van der Waals surface area contributed by atoms with Crippen molar-refractivity contribution in [3.05, 3.63) is 29.8 Å². The van der Waals surface area contributed by atoms with E-state index in [4.69, 9.17) is 5.11 Å². The van der Waals surface area contributed by atoms with Crippen LogP contribution in [0.25, 0.3) is 0 Å². The minimum atomic E-state index is -0.832. The zero-order chi connectivity index (χ0) is 15.0. The molecule has 0 bridgehead atoms. The molecule has 0 saturated carbocycles. The van der Waals surface area contributed by atoms with Crippen molar-refractivity contribution in [3.8, 4) is 0 Å². The quantitative estimate of drug-likeness (QED) is 0.724. The van der Waals surface area contributed by atoms with Gasteiger partial charge in [-0.15, -0.1) is 11.8 Å². The minimum Gasteiger partial charge on any atom is -0.481 e. The Labute approximate surface area is 124 Å². The number of carbonyl (C=O) groups excluding carboxylic acids is 1. The Morgan fingerprint density at radius 1 is 1.30 bits per heavy atom. The van der Waals surface area contributed by atoms with Gasteiger partial charge in [0, 0.05) is 30.0 Å². The largest absolute Gasteiger partial charge is 0.481 e. The van der Waals surface area contributed by atoms with Crippen molar-refractivity contribution >= 4 is 23.6 Å². The molecule has 0 spiro atoms. The van der Waals surface area contributed by atoms with Crippen molar-refractivity contribution in [1.82, 2.24) is 5.32 Å². The third kappa shape index (κ3) is 7.19. The van der Waals surface area contributed by atoms with Crippen molar-refractivity contribution in [2.45, 2.75) is 31.6 Å². The fourth-order valence-electron chi connectivity index (χ4n) is 1.64. The van der Waals surface area contributed by atoms with Crippen LogP contribution in [0.2, 0.25) is 0 Å². The molecule has 1 amide bonds. The number of rotatable bonds is 8. The van der Waals surface area contributed by atoms with E-state index >= 15 is 0 Å². The maximum atomic E-state index is 11.6. The van der Waals surface area contributed by atoms with Crippen LogP contribution in [0.3, 0.4) is 0 Å². The third-order valence-electron chi connectivity index (χ3n) is 2.79. The number of benzene rings is 1. The second-order valence-electron chi connectivity index (χ2n) is 4.92. The Hall–Kier alpha value is -1.49. The number of aryl methyl sites for hydroxylation is 1. The minimum absolute atomic E-state index is 0.0261. The molecule has 0 aliphatic heterocycles. The summed E-state index contributed by atoms with van der Waals surface area (Å²) in [4.78, 5) is 23.3. The van der Waals surface area contributed by atoms with Crippen LogP contribution in [0.5, 0.6) is 0 Å². The first-order valence-electron chi connectivity index (χ1n) is 6.65. The van der Waals surface area contributed by atoms with Crippen LogP contribution in [0.1, 0.15) is 25.3 Å². The van der Waals surface area contributed by atoms with Crippen molar-refractivity contribution in [1.29, 1.82) is 0 Å². The molecule has 4 nitrogen and oxygen atoms in total. The lowest BCUT2D eigenvalue weighted by Crippen LogP contribution is -2.29. The van der Waals surface area contributed by atoms with E-state index in [-0.39, 0.29) is 18.2 Å². The lowest BCUT2D eigenvalue weighted by atomic mass is 10.1. The molecule has 2 N–H and O–H groups in total. The number of carboxylic acids is 1. The lowest BCUT2D eigenvalue weighted by Gasteiger charge is -2.10. The van der Waals surface area contributed by atoms with Crippen LogP contribution >= 0.6 is 11.8 Å². The molecule has 0 radical (unpaired) electrons. The Morgan fingerprint density at radius 3 is 2.55 bits per heavy atom. The molecule has 1 rings (SSSR count). The van der Waals surface area contributed by atoms with Gasteiger partial charge in [-0.2, -0.15) is 0 Å². The fourth-order valence-corrected chi connectivity index (χ4v) is 2.49. The summed E-state index contributed by atoms with van der Waals surface area (Å²) in [5.41, 5.74) is 1.22. The van der Waals surface area contributed by atoms with Gasteiger partial charge in [-0.3, -0.25) is 9.59 Å². The summed E-state index contributed by atoms with van der Waals surface area (Å²) in [7, 11) is 0. The predicted octanol–water partition coefficient (Wildman–Crippen LogP) is 2.70. The van der Waals surface area contributed by atoms with E-state index in [1.54, 1.807) is 11.8 Å². The highest BCUT2D eigenvalue weighted by Gasteiger charge is 2.09. The Kier molecular flexibility index (Phi) is 7.15. The van der Waals surface area contributed by atoms with Gasteiger partial charge in [0.05, 0.1) is 0 Å². The highest BCUT2D eigenvalue weighted by molar-refractivity contribution is 7.99. The highest BCUT2D eigenvalue weighted by Crippen LogP contribution is 2.18. The van der Waals surface area contributed by atoms with Gasteiger partial charge in [-0.25, -0.2) is 0 Å². The topological polar surface area (TPSA) is 66.4 Å². The molecule has 0 aromatic heterocycles. The van der Waals surface area contributed by atoms with Gasteiger partial charge in [0.15, 0.2) is 0 Å². The van der Waals surface area contributed by atoms with Crippen molar-refractivity contribution < 1.29 is 14.7 Å². The van der Waals surface area contributed by atoms with Crippen LogP contribution in [0.15, 0.2) is 29.2 Å². The Balaban J connectivity index is 2.17. The van der Waals surface area contributed by atoms with Gasteiger partial charge in [-0.05, 0) is 25.0 Å². The number of thioether (sulfide) groups is 1. The van der Waals surface area contributed by atoms with E-state index in [2.05, 4.69) is 17.4 Å². The highest BCUT2D eigenvalue weighted by atomic mass is 32.2. The molecule has 0 aliphatic carbocycles. The fraction of sp³-hybridized carbons (Fsp3) is 0.467. The van der Waals surface area contributed by atoms with E-state index in [9.17, 15) is 9.59 Å². The summed E-state index contributed by atoms with van der Waals surface area (Å²) in [5, 5.41) is 11.4. The molecule has 110 valence electrons. The summed E-state index contributed by atoms with van der Waals surface area (Å²) in [6.07, 6.45) is 0.525. The molecule has 0 aliphatic rings. The second kappa shape index (κ2) is 8.64. The SMILES string of the molecule is Cc1ccc(SCCC(=O)NCC(C)CC(=O)O)cc1. The van der Waals surface area contributed by atoms with Gasteiger partial charge in [-0.1, -0.05) is 24.6 Å². The average Bonchev–Trinajstić information content (AvgIpc) is 2.38. The van der Waals surface area contributed by atoms with Gasteiger partial charge >= 0.3 is 5.97 Å². The summed E-state index contributed by atoms with van der Waals surface area (Å²) in [5.74, 6) is -0.174. The van der Waals surface area contributed by atoms with E-state index in [0.29, 0.717) is 13.0 Å². The third-order valence-corrected chi connectivity index (χ3v) is 3.80. The molecule has 0 heterocycles. The zero-order valence-corrected chi connectivity index (χ0v) is 12.7. The van der Waals surface area contributed by atoms with E-state index < -0.39 is 5.97 Å². The van der Waals surface area contributed by atoms with Crippen molar-refractivity contribution in [2.24, 2.45) is 5.92 Å². The maximum absolute atomic E-state index is 11.6. The zero-order valence-electron chi connectivity index (χ0n) is 11.9. The summed E-state index contributed by atoms with van der Waals surface area (Å²) < 4.78 is 0. The number of amides is 1. The summed E-state index contributed by atoms with van der Waals surface area (Å²) in [6, 6.07) is 8.20. The summed E-state index contributed by atoms with van der Waals surface area (Å²) in [6.45, 7) is 4.27. The van der Waals surface area contributed by atoms with Crippen LogP contribution < -0.4 is 5.32 Å². The molecular formula is C15H21NO3S. The summed E-state index contributed by atoms with van der Waals surface area (Å²) >= 11 is 1.65. The number of hydrogen-bond acceptors (Lipinski definition) is 3. The Bertz CT molecular complexity index is 445. The number of carbonyl (C=O) groups is 2. The van der Waals surface area contributed by atoms with E-state index in [1.165, 1.54) is 5.56 Å². The normalized spacial score (nSPS) is 11.9. The number of hydrogen-bond donors (Lipinski definition) is 2. The van der Waals surface area contributed by atoms with Crippen LogP contribution in [0, 0.1) is 12.8 Å². The standard InChI is InChI=1S/C15H21NO3S/c1-11-3-5-13(6-4-11)20-8-7-14(17)16-10-12(2)9-15(18)19/h3-6,12H,7-10H2,1-2H3,(H,16,17)(H,18,19). The molecule has 0 saturated heterocycles. The maximum Gasteiger partial charge on any atom is 0.303 e. The second-order valence-corrected chi connectivity index (χ2v) is 6.09. The first-order chi connectivity index (χ1) is 9.47. The van der Waals surface area contributed by atoms with Crippen LogP contribution in [0.4, 0.5) is 0 Å². The Morgan fingerprint density at radius 2 is 1.95 bits per heavy atom. The van der Waals surface area contributed by atoms with Crippen molar-refractivity contribution in [2.75, 3.05) is 12.3 Å². The molecule has 1 unspecified atom stereocenters. The average molecular weight is 295 g/mol. The van der Waals surface area contributed by atoms with Gasteiger partial charge in [0.1, 0.15) is 0 Å². The van der Waals surface area contributed by atoms with E-state index in [0.717, 1.165) is 10.6 Å². The molecule has 0 fully saturated rings. The molecule has 20 heavy (non-hydrogen) atoms. The number of nitrogens with one attached hydrogen (secondary N) is 1. The monoisotopic (exact) mass is 295 g/mol. The van der Waals surface area contributed by atoms with Gasteiger partial charge < -0.3 is 10.4 Å². The molecule has 1 aromatic carbocycles. The van der Waals surface area contributed by atoms with Gasteiger partial charge in [0.25, 0.3) is 0 Å². The smallest absolute Gasteiger partial charge is 0.303 e. The lowest BCUT2D eigenvalue weighted by molar-refractivity contribution is -0.138. The first-order valence-corrected chi connectivity index (χ1v) is 7.64. The first kappa shape index (κ1) is 16.6. The molecular weight excluding hydrogens is 274 g/mol. The van der Waals surface area contributed by atoms with Crippen LogP contribution in [-0.2, 0) is 9.59 Å². The number of aliphatic carboxylic acids is 1. The molecule has 1 aromatic rings. The predicted molar refractivity (Wildman–Crippen MR) is 80.9 cm³/mol. The van der Waals surface area contributed by atoms with Gasteiger partial charge in [0.2, 0.25) is 5.91 Å². The van der Waals surface area contributed by atoms with E-state index in [1.807, 2.05) is 26.0 Å². The van der Waals surface area contributed by atoms with Crippen LogP contribution in [-0.4, -0.2) is 29.3 Å². The number of carboxylic acid groups (broad SMARTS) is 1. The molecule has 1 atom stereocenters. The molecule has 5 heteroatoms.